The molecule has 1 aliphatic heterocycles. The third-order valence-corrected chi connectivity index (χ3v) is 4.01. The van der Waals surface area contributed by atoms with E-state index in [2.05, 4.69) is 15.9 Å². The molecular weight excluding hydrogens is 311 g/mol. The number of piperidine rings is 1. The van der Waals surface area contributed by atoms with Gasteiger partial charge in [0.25, 0.3) is 0 Å². The van der Waals surface area contributed by atoms with Crippen LogP contribution in [0.1, 0.15) is 38.3 Å². The molecule has 1 amide bonds. The van der Waals surface area contributed by atoms with Crippen molar-refractivity contribution in [2.45, 2.75) is 44.8 Å². The fraction of sp³-hybridized carbons (Fsp3) is 0.500. The van der Waals surface area contributed by atoms with Crippen LogP contribution in [-0.4, -0.2) is 22.9 Å². The van der Waals surface area contributed by atoms with E-state index in [0.717, 1.165) is 4.47 Å². The maximum atomic E-state index is 14.1. The Hall–Kier alpha value is -0.940. The van der Waals surface area contributed by atoms with Gasteiger partial charge in [-0.2, -0.15) is 0 Å². The highest BCUT2D eigenvalue weighted by Gasteiger charge is 2.37. The third-order valence-electron chi connectivity index (χ3n) is 3.52. The lowest BCUT2D eigenvalue weighted by Gasteiger charge is -2.42. The van der Waals surface area contributed by atoms with Crippen LogP contribution < -0.4 is 5.73 Å². The zero-order valence-corrected chi connectivity index (χ0v) is 12.7. The molecule has 1 aliphatic rings. The molecule has 2 unspecified atom stereocenters. The molecule has 2 N–H and O–H groups in total. The number of benzene rings is 1. The minimum absolute atomic E-state index is 0.00207. The number of nitrogens with two attached hydrogens (primary N) is 1. The molecule has 1 aromatic rings. The van der Waals surface area contributed by atoms with Crippen LogP contribution in [0.15, 0.2) is 22.7 Å². The molecule has 1 heterocycles. The van der Waals surface area contributed by atoms with Crippen LogP contribution in [0.2, 0.25) is 0 Å². The van der Waals surface area contributed by atoms with Gasteiger partial charge >= 0.3 is 0 Å². The fourth-order valence-electron chi connectivity index (χ4n) is 2.67. The van der Waals surface area contributed by atoms with Crippen molar-refractivity contribution in [2.24, 2.45) is 5.73 Å². The van der Waals surface area contributed by atoms with Gasteiger partial charge in [0.15, 0.2) is 0 Å². The Bertz CT molecular complexity index is 492. The molecule has 3 nitrogen and oxygen atoms in total. The van der Waals surface area contributed by atoms with Crippen LogP contribution >= 0.6 is 15.9 Å². The van der Waals surface area contributed by atoms with E-state index in [-0.39, 0.29) is 23.8 Å². The van der Waals surface area contributed by atoms with Gasteiger partial charge in [-0.15, -0.1) is 0 Å². The largest absolute Gasteiger partial charge is 0.332 e. The lowest BCUT2D eigenvalue weighted by molar-refractivity contribution is -0.139. The van der Waals surface area contributed by atoms with Crippen LogP contribution in [0.3, 0.4) is 0 Å². The Kier molecular flexibility index (Phi) is 4.26. The average molecular weight is 329 g/mol. The fourth-order valence-corrected chi connectivity index (χ4v) is 3.05. The van der Waals surface area contributed by atoms with Crippen molar-refractivity contribution in [1.29, 1.82) is 0 Å². The van der Waals surface area contributed by atoms with Crippen molar-refractivity contribution in [3.8, 4) is 0 Å². The van der Waals surface area contributed by atoms with Crippen LogP contribution in [0, 0.1) is 5.82 Å². The van der Waals surface area contributed by atoms with Crippen molar-refractivity contribution in [3.05, 3.63) is 34.1 Å². The van der Waals surface area contributed by atoms with Crippen molar-refractivity contribution < 1.29 is 9.18 Å². The van der Waals surface area contributed by atoms with Gasteiger partial charge in [0.1, 0.15) is 5.82 Å². The molecule has 104 valence electrons. The molecule has 5 heteroatoms. The van der Waals surface area contributed by atoms with E-state index in [0.29, 0.717) is 18.4 Å². The van der Waals surface area contributed by atoms with Gasteiger partial charge in [-0.1, -0.05) is 15.9 Å². The Morgan fingerprint density at radius 2 is 2.16 bits per heavy atom. The zero-order valence-electron chi connectivity index (χ0n) is 11.1. The smallest absolute Gasteiger partial charge is 0.223 e. The van der Waals surface area contributed by atoms with E-state index in [9.17, 15) is 9.18 Å². The summed E-state index contributed by atoms with van der Waals surface area (Å²) in [5, 5.41) is 0. The number of amides is 1. The van der Waals surface area contributed by atoms with Crippen molar-refractivity contribution >= 4 is 21.8 Å². The molecule has 0 aliphatic carbocycles. The predicted octanol–water partition coefficient (Wildman–Crippen LogP) is 2.99. The molecule has 0 aromatic heterocycles. The molecule has 1 aromatic carbocycles. The second-order valence-corrected chi connectivity index (χ2v) is 6.12. The topological polar surface area (TPSA) is 46.3 Å². The maximum Gasteiger partial charge on any atom is 0.223 e. The number of rotatable bonds is 2. The highest BCUT2D eigenvalue weighted by Crippen LogP contribution is 2.35. The monoisotopic (exact) mass is 328 g/mol. The van der Waals surface area contributed by atoms with E-state index in [1.165, 1.54) is 6.07 Å². The van der Waals surface area contributed by atoms with Crippen LogP contribution in [0.5, 0.6) is 0 Å². The number of likely N-dealkylation sites (tertiary alicyclic amines) is 1. The number of nitrogens with zero attached hydrogens (tertiary/aromatic N) is 1. The summed E-state index contributed by atoms with van der Waals surface area (Å²) < 4.78 is 14.9. The summed E-state index contributed by atoms with van der Waals surface area (Å²) in [4.78, 5) is 13.8. The summed E-state index contributed by atoms with van der Waals surface area (Å²) in [7, 11) is 0. The van der Waals surface area contributed by atoms with E-state index in [1.807, 2.05) is 13.8 Å². The van der Waals surface area contributed by atoms with Gasteiger partial charge in [-0.25, -0.2) is 4.39 Å². The van der Waals surface area contributed by atoms with E-state index in [1.54, 1.807) is 17.0 Å². The van der Waals surface area contributed by atoms with Gasteiger partial charge in [-0.05, 0) is 38.5 Å². The van der Waals surface area contributed by atoms with E-state index in [4.69, 9.17) is 5.73 Å². The van der Waals surface area contributed by atoms with Crippen LogP contribution in [0.25, 0.3) is 0 Å². The zero-order chi connectivity index (χ0) is 14.2. The first-order chi connectivity index (χ1) is 8.91. The second-order valence-electron chi connectivity index (χ2n) is 5.21. The lowest BCUT2D eigenvalue weighted by atomic mass is 9.89. The second kappa shape index (κ2) is 5.59. The standard InChI is InChI=1S/C14H18BrFN2O/c1-8(2)18-13(19)6-5-12(17)14(18)10-7-9(15)3-4-11(10)16/h3-4,7-8,12,14H,5-6,17H2,1-2H3. The molecule has 0 saturated carbocycles. The van der Waals surface area contributed by atoms with Gasteiger partial charge in [0.2, 0.25) is 5.91 Å². The number of hydrogen-bond acceptors (Lipinski definition) is 2. The third kappa shape index (κ3) is 2.82. The molecule has 19 heavy (non-hydrogen) atoms. The molecular formula is C14H18BrFN2O. The molecule has 2 atom stereocenters. The first-order valence-electron chi connectivity index (χ1n) is 6.43. The average Bonchev–Trinajstić information content (AvgIpc) is 2.34. The maximum absolute atomic E-state index is 14.1. The van der Waals surface area contributed by atoms with Gasteiger partial charge in [-0.3, -0.25) is 4.79 Å². The van der Waals surface area contributed by atoms with E-state index < -0.39 is 6.04 Å². The Morgan fingerprint density at radius 1 is 1.47 bits per heavy atom. The van der Waals surface area contributed by atoms with E-state index >= 15 is 0 Å². The minimum Gasteiger partial charge on any atom is -0.332 e. The summed E-state index contributed by atoms with van der Waals surface area (Å²) in [6, 6.07) is 4.15. The molecule has 0 spiro atoms. The Balaban J connectivity index is 2.48. The highest BCUT2D eigenvalue weighted by molar-refractivity contribution is 9.10. The first kappa shape index (κ1) is 14.5. The van der Waals surface area contributed by atoms with Gasteiger partial charge in [0, 0.05) is 28.5 Å². The summed E-state index contributed by atoms with van der Waals surface area (Å²) in [6.45, 7) is 3.86. The molecule has 0 bridgehead atoms. The number of hydrogen-bond donors (Lipinski definition) is 1. The molecule has 1 saturated heterocycles. The lowest BCUT2D eigenvalue weighted by Crippen LogP contribution is -2.51. The number of carbonyl (C=O) groups excluding carboxylic acids is 1. The highest BCUT2D eigenvalue weighted by atomic mass is 79.9. The molecule has 0 radical (unpaired) electrons. The van der Waals surface area contributed by atoms with Crippen molar-refractivity contribution in [1.82, 2.24) is 4.90 Å². The Labute approximate surface area is 121 Å². The normalized spacial score (nSPS) is 24.1. The summed E-state index contributed by atoms with van der Waals surface area (Å²) in [6.07, 6.45) is 1.03. The number of halogens is 2. The molecule has 1 fully saturated rings. The summed E-state index contributed by atoms with van der Waals surface area (Å²) in [5.41, 5.74) is 6.63. The summed E-state index contributed by atoms with van der Waals surface area (Å²) >= 11 is 3.34. The van der Waals surface area contributed by atoms with Gasteiger partial charge < -0.3 is 10.6 Å². The number of carbonyl (C=O) groups is 1. The molecule has 2 rings (SSSR count). The van der Waals surface area contributed by atoms with Gasteiger partial charge in [0.05, 0.1) is 6.04 Å². The quantitative estimate of drug-likeness (QED) is 0.907. The van der Waals surface area contributed by atoms with Crippen molar-refractivity contribution in [3.63, 3.8) is 0 Å². The van der Waals surface area contributed by atoms with Crippen LogP contribution in [0.4, 0.5) is 4.39 Å². The Morgan fingerprint density at radius 3 is 2.79 bits per heavy atom. The van der Waals surface area contributed by atoms with Crippen molar-refractivity contribution in [2.75, 3.05) is 0 Å². The SMILES string of the molecule is CC(C)N1C(=O)CCC(N)C1c1cc(Br)ccc1F. The predicted molar refractivity (Wildman–Crippen MR) is 76.0 cm³/mol. The summed E-state index contributed by atoms with van der Waals surface area (Å²) in [5.74, 6) is -0.273. The first-order valence-corrected chi connectivity index (χ1v) is 7.22. The van der Waals surface area contributed by atoms with Crippen LogP contribution in [-0.2, 0) is 4.79 Å². The minimum atomic E-state index is -0.390.